The first-order chi connectivity index (χ1) is 11.6. The molecule has 25 heavy (non-hydrogen) atoms. The van der Waals surface area contributed by atoms with Crippen molar-refractivity contribution in [2.24, 2.45) is 0 Å². The lowest BCUT2D eigenvalue weighted by molar-refractivity contribution is -0.141. The molecule has 0 fully saturated rings. The summed E-state index contributed by atoms with van der Waals surface area (Å²) in [5.74, 6) is 0. The van der Waals surface area contributed by atoms with Gasteiger partial charge >= 0.3 is 6.18 Å². The molecule has 0 aliphatic heterocycles. The van der Waals surface area contributed by atoms with Gasteiger partial charge in [-0.2, -0.15) is 18.3 Å². The topological polar surface area (TPSA) is 74.8 Å². The molecular formula is C15H12F3N3O2S2. The number of nitrogens with one attached hydrogen (secondary N) is 2. The fourth-order valence-corrected chi connectivity index (χ4v) is 4.43. The Morgan fingerprint density at radius 2 is 1.92 bits per heavy atom. The third-order valence-corrected chi connectivity index (χ3v) is 6.23. The van der Waals surface area contributed by atoms with Gasteiger partial charge in [-0.3, -0.25) is 9.82 Å². The summed E-state index contributed by atoms with van der Waals surface area (Å²) < 4.78 is 65.1. The van der Waals surface area contributed by atoms with Crippen molar-refractivity contribution in [3.05, 3.63) is 53.7 Å². The van der Waals surface area contributed by atoms with E-state index in [0.717, 1.165) is 23.0 Å². The highest BCUT2D eigenvalue weighted by Gasteiger charge is 2.33. The summed E-state index contributed by atoms with van der Waals surface area (Å²) in [5, 5.41) is 5.50. The van der Waals surface area contributed by atoms with E-state index in [-0.39, 0.29) is 9.90 Å². The molecule has 0 aliphatic carbocycles. The Kier molecular flexibility index (Phi) is 4.33. The van der Waals surface area contributed by atoms with Crippen LogP contribution in [0.1, 0.15) is 11.3 Å². The zero-order valence-electron chi connectivity index (χ0n) is 12.8. The van der Waals surface area contributed by atoms with Gasteiger partial charge in [0.1, 0.15) is 15.6 Å². The maximum atomic E-state index is 12.6. The van der Waals surface area contributed by atoms with Crippen LogP contribution in [0, 0.1) is 6.92 Å². The molecule has 3 aromatic rings. The fraction of sp³-hybridized carbons (Fsp3) is 0.133. The van der Waals surface area contributed by atoms with E-state index in [1.165, 1.54) is 12.1 Å². The second-order valence-corrected chi connectivity index (χ2v) is 8.25. The molecule has 2 aromatic heterocycles. The molecule has 0 radical (unpaired) electrons. The minimum absolute atomic E-state index is 0.0134. The third-order valence-electron chi connectivity index (χ3n) is 3.25. The highest BCUT2D eigenvalue weighted by Crippen LogP contribution is 2.34. The number of aromatic amines is 1. The normalized spacial score (nSPS) is 12.3. The first-order valence-corrected chi connectivity index (χ1v) is 9.27. The molecule has 0 aliphatic rings. The van der Waals surface area contributed by atoms with Crippen LogP contribution in [0.3, 0.4) is 0 Å². The molecule has 132 valence electrons. The monoisotopic (exact) mass is 387 g/mol. The van der Waals surface area contributed by atoms with Crippen molar-refractivity contribution < 1.29 is 21.6 Å². The lowest BCUT2D eigenvalue weighted by Crippen LogP contribution is -2.11. The van der Waals surface area contributed by atoms with Crippen LogP contribution in [0.15, 0.2) is 46.7 Å². The second-order valence-electron chi connectivity index (χ2n) is 5.26. The van der Waals surface area contributed by atoms with E-state index >= 15 is 0 Å². The molecule has 5 nitrogen and oxygen atoms in total. The lowest BCUT2D eigenvalue weighted by atomic mass is 10.2. The number of aryl methyl sites for hydroxylation is 1. The maximum absolute atomic E-state index is 12.6. The van der Waals surface area contributed by atoms with E-state index in [0.29, 0.717) is 10.6 Å². The highest BCUT2D eigenvalue weighted by atomic mass is 32.2. The van der Waals surface area contributed by atoms with Gasteiger partial charge in [0.25, 0.3) is 10.0 Å². The number of thiophene rings is 1. The van der Waals surface area contributed by atoms with Gasteiger partial charge in [-0.05, 0) is 42.8 Å². The number of alkyl halides is 3. The molecule has 2 N–H and O–H groups in total. The Bertz CT molecular complexity index is 1010. The SMILES string of the molecule is Cc1cccc(NS(=O)(=O)c2ccc(-c3cc(C(F)(F)F)[nH]n3)s2)c1. The molecule has 3 rings (SSSR count). The minimum atomic E-state index is -4.54. The molecule has 0 unspecified atom stereocenters. The van der Waals surface area contributed by atoms with Gasteiger partial charge in [0.2, 0.25) is 0 Å². The van der Waals surface area contributed by atoms with Crippen molar-refractivity contribution in [3.8, 4) is 10.6 Å². The van der Waals surface area contributed by atoms with Crippen molar-refractivity contribution in [1.29, 1.82) is 0 Å². The predicted molar refractivity (Wildman–Crippen MR) is 88.9 cm³/mol. The Morgan fingerprint density at radius 3 is 2.56 bits per heavy atom. The summed E-state index contributed by atoms with van der Waals surface area (Å²) >= 11 is 0.840. The maximum Gasteiger partial charge on any atom is 0.432 e. The van der Waals surface area contributed by atoms with Crippen molar-refractivity contribution in [1.82, 2.24) is 10.2 Å². The zero-order chi connectivity index (χ0) is 18.2. The second kappa shape index (κ2) is 6.19. The van der Waals surface area contributed by atoms with Gasteiger partial charge in [0, 0.05) is 5.69 Å². The first-order valence-electron chi connectivity index (χ1n) is 6.97. The van der Waals surface area contributed by atoms with Crippen molar-refractivity contribution in [2.45, 2.75) is 17.3 Å². The fourth-order valence-electron chi connectivity index (χ4n) is 2.11. The molecular weight excluding hydrogens is 375 g/mol. The van der Waals surface area contributed by atoms with E-state index in [1.807, 2.05) is 18.1 Å². The van der Waals surface area contributed by atoms with E-state index in [9.17, 15) is 21.6 Å². The summed E-state index contributed by atoms with van der Waals surface area (Å²) in [6.45, 7) is 1.83. The van der Waals surface area contributed by atoms with E-state index < -0.39 is 21.9 Å². The number of H-pyrrole nitrogens is 1. The summed E-state index contributed by atoms with van der Waals surface area (Å²) in [6, 6.07) is 10.4. The summed E-state index contributed by atoms with van der Waals surface area (Å²) in [5.41, 5.74) is 0.352. The molecule has 1 aromatic carbocycles. The van der Waals surface area contributed by atoms with Crippen molar-refractivity contribution in [3.63, 3.8) is 0 Å². The van der Waals surface area contributed by atoms with Crippen molar-refractivity contribution >= 4 is 27.0 Å². The number of hydrogen-bond acceptors (Lipinski definition) is 4. The Balaban J connectivity index is 1.86. The van der Waals surface area contributed by atoms with Crippen LogP contribution in [0.2, 0.25) is 0 Å². The number of sulfonamides is 1. The van der Waals surface area contributed by atoms with Gasteiger partial charge in [-0.15, -0.1) is 11.3 Å². The molecule has 10 heteroatoms. The summed E-state index contributed by atoms with van der Waals surface area (Å²) in [4.78, 5) is 0.316. The van der Waals surface area contributed by atoms with Crippen LogP contribution in [0.5, 0.6) is 0 Å². The van der Waals surface area contributed by atoms with Gasteiger partial charge in [-0.25, -0.2) is 8.42 Å². The predicted octanol–water partition coefficient (Wildman–Crippen LogP) is 4.27. The molecule has 0 amide bonds. The third kappa shape index (κ3) is 3.85. The Hall–Kier alpha value is -2.33. The van der Waals surface area contributed by atoms with Crippen LogP contribution < -0.4 is 4.72 Å². The van der Waals surface area contributed by atoms with Crippen molar-refractivity contribution in [2.75, 3.05) is 4.72 Å². The van der Waals surface area contributed by atoms with Gasteiger partial charge in [0.15, 0.2) is 0 Å². The van der Waals surface area contributed by atoms with Gasteiger partial charge < -0.3 is 0 Å². The molecule has 0 atom stereocenters. The highest BCUT2D eigenvalue weighted by molar-refractivity contribution is 7.94. The number of halogens is 3. The molecule has 0 spiro atoms. The molecule has 0 saturated carbocycles. The average Bonchev–Trinajstić information content (AvgIpc) is 3.16. The number of aromatic nitrogens is 2. The van der Waals surface area contributed by atoms with Crippen LogP contribution >= 0.6 is 11.3 Å². The van der Waals surface area contributed by atoms with E-state index in [4.69, 9.17) is 0 Å². The van der Waals surface area contributed by atoms with E-state index in [1.54, 1.807) is 18.2 Å². The standard InChI is InChI=1S/C15H12F3N3O2S2/c1-9-3-2-4-10(7-9)21-25(22,23)14-6-5-12(24-14)11-8-13(20-19-11)15(16,17)18/h2-8,21H,1H3,(H,19,20). The van der Waals surface area contributed by atoms with Crippen LogP contribution in [0.25, 0.3) is 10.6 Å². The summed E-state index contributed by atoms with van der Waals surface area (Å²) in [6.07, 6.45) is -4.54. The number of anilines is 1. The Labute approximate surface area is 145 Å². The summed E-state index contributed by atoms with van der Waals surface area (Å²) in [7, 11) is -3.83. The van der Waals surface area contributed by atoms with Crippen LogP contribution in [-0.2, 0) is 16.2 Å². The van der Waals surface area contributed by atoms with Gasteiger partial charge in [0.05, 0.1) is 4.88 Å². The van der Waals surface area contributed by atoms with Crippen LogP contribution in [-0.4, -0.2) is 18.6 Å². The number of nitrogens with zero attached hydrogens (tertiary/aromatic N) is 1. The van der Waals surface area contributed by atoms with E-state index in [2.05, 4.69) is 9.82 Å². The minimum Gasteiger partial charge on any atom is -0.279 e. The number of benzene rings is 1. The number of hydrogen-bond donors (Lipinski definition) is 2. The first kappa shape index (κ1) is 17.5. The smallest absolute Gasteiger partial charge is 0.279 e. The molecule has 0 bridgehead atoms. The molecule has 0 saturated heterocycles. The average molecular weight is 387 g/mol. The number of rotatable bonds is 4. The largest absolute Gasteiger partial charge is 0.432 e. The quantitative estimate of drug-likeness (QED) is 0.702. The zero-order valence-corrected chi connectivity index (χ0v) is 14.4. The van der Waals surface area contributed by atoms with Gasteiger partial charge in [-0.1, -0.05) is 12.1 Å². The van der Waals surface area contributed by atoms with Crippen LogP contribution in [0.4, 0.5) is 18.9 Å². The molecule has 2 heterocycles. The Morgan fingerprint density at radius 1 is 1.16 bits per heavy atom. The lowest BCUT2D eigenvalue weighted by Gasteiger charge is -2.06.